The summed E-state index contributed by atoms with van der Waals surface area (Å²) in [6.07, 6.45) is 3.68. The van der Waals surface area contributed by atoms with Gasteiger partial charge in [-0.15, -0.1) is 0 Å². The van der Waals surface area contributed by atoms with E-state index in [-0.39, 0.29) is 0 Å². The van der Waals surface area contributed by atoms with Crippen LogP contribution in [0.4, 0.5) is 5.69 Å². The molecular formula is C20H34N4O2. The Morgan fingerprint density at radius 1 is 1.23 bits per heavy atom. The lowest BCUT2D eigenvalue weighted by Gasteiger charge is -2.31. The third-order valence-corrected chi connectivity index (χ3v) is 4.91. The van der Waals surface area contributed by atoms with Crippen LogP contribution in [-0.4, -0.2) is 51.3 Å². The summed E-state index contributed by atoms with van der Waals surface area (Å²) in [4.78, 5) is 7.11. The SMILES string of the molecule is COc1ccc(NC(N)=NCC2CCN(CCC(C)C)CC2)cc1OC. The van der Waals surface area contributed by atoms with Crippen molar-refractivity contribution in [3.63, 3.8) is 0 Å². The van der Waals surface area contributed by atoms with Crippen molar-refractivity contribution in [1.29, 1.82) is 0 Å². The fraction of sp³-hybridized carbons (Fsp3) is 0.650. The van der Waals surface area contributed by atoms with Crippen molar-refractivity contribution >= 4 is 11.6 Å². The smallest absolute Gasteiger partial charge is 0.193 e. The Morgan fingerprint density at radius 2 is 1.92 bits per heavy atom. The van der Waals surface area contributed by atoms with Gasteiger partial charge in [0.2, 0.25) is 0 Å². The fourth-order valence-corrected chi connectivity index (χ4v) is 3.16. The summed E-state index contributed by atoms with van der Waals surface area (Å²) in [5, 5.41) is 3.13. The number of piperidine rings is 1. The Labute approximate surface area is 157 Å². The summed E-state index contributed by atoms with van der Waals surface area (Å²) >= 11 is 0. The molecule has 2 rings (SSSR count). The molecule has 0 unspecified atom stereocenters. The molecule has 6 nitrogen and oxygen atoms in total. The number of hydrogen-bond donors (Lipinski definition) is 2. The van der Waals surface area contributed by atoms with E-state index >= 15 is 0 Å². The first-order chi connectivity index (χ1) is 12.5. The average Bonchev–Trinajstić information content (AvgIpc) is 2.65. The molecule has 0 radical (unpaired) electrons. The van der Waals surface area contributed by atoms with Gasteiger partial charge in [-0.2, -0.15) is 0 Å². The number of methoxy groups -OCH3 is 2. The quantitative estimate of drug-likeness (QED) is 0.549. The molecule has 1 saturated heterocycles. The number of nitrogens with zero attached hydrogens (tertiary/aromatic N) is 2. The molecule has 3 N–H and O–H groups in total. The fourth-order valence-electron chi connectivity index (χ4n) is 3.16. The highest BCUT2D eigenvalue weighted by atomic mass is 16.5. The Morgan fingerprint density at radius 3 is 2.54 bits per heavy atom. The number of nitrogens with one attached hydrogen (secondary N) is 1. The molecule has 0 atom stereocenters. The van der Waals surface area contributed by atoms with Crippen LogP contribution >= 0.6 is 0 Å². The number of benzene rings is 1. The lowest BCUT2D eigenvalue weighted by atomic mass is 9.96. The zero-order valence-electron chi connectivity index (χ0n) is 16.6. The molecule has 0 spiro atoms. The molecule has 146 valence electrons. The zero-order chi connectivity index (χ0) is 18.9. The van der Waals surface area contributed by atoms with Gasteiger partial charge < -0.3 is 25.4 Å². The van der Waals surface area contributed by atoms with Crippen LogP contribution in [0.5, 0.6) is 11.5 Å². The van der Waals surface area contributed by atoms with Crippen LogP contribution < -0.4 is 20.5 Å². The van der Waals surface area contributed by atoms with E-state index in [0.717, 1.165) is 18.2 Å². The Bertz CT molecular complexity index is 581. The Hall–Kier alpha value is -1.95. The van der Waals surface area contributed by atoms with Crippen molar-refractivity contribution in [3.8, 4) is 11.5 Å². The number of aliphatic imine (C=N–C) groups is 1. The van der Waals surface area contributed by atoms with E-state index in [2.05, 4.69) is 29.1 Å². The number of ether oxygens (including phenoxy) is 2. The van der Waals surface area contributed by atoms with Crippen molar-refractivity contribution in [2.75, 3.05) is 45.7 Å². The van der Waals surface area contributed by atoms with Crippen LogP contribution in [0.25, 0.3) is 0 Å². The molecule has 0 saturated carbocycles. The average molecular weight is 363 g/mol. The van der Waals surface area contributed by atoms with Crippen LogP contribution in [0.3, 0.4) is 0 Å². The minimum atomic E-state index is 0.444. The second-order valence-electron chi connectivity index (χ2n) is 7.39. The van der Waals surface area contributed by atoms with Gasteiger partial charge in [0.15, 0.2) is 17.5 Å². The van der Waals surface area contributed by atoms with Crippen molar-refractivity contribution in [2.24, 2.45) is 22.6 Å². The molecule has 0 amide bonds. The maximum Gasteiger partial charge on any atom is 0.193 e. The highest BCUT2D eigenvalue weighted by molar-refractivity contribution is 5.92. The van der Waals surface area contributed by atoms with E-state index in [1.807, 2.05) is 18.2 Å². The lowest BCUT2D eigenvalue weighted by Crippen LogP contribution is -2.36. The molecule has 1 fully saturated rings. The molecule has 1 aromatic rings. The van der Waals surface area contributed by atoms with Crippen molar-refractivity contribution in [3.05, 3.63) is 18.2 Å². The first-order valence-corrected chi connectivity index (χ1v) is 9.53. The standard InChI is InChI=1S/C20H34N4O2/c1-15(2)7-10-24-11-8-16(9-12-24)14-22-20(21)23-17-5-6-18(25-3)19(13-17)26-4/h5-6,13,15-16H,7-12,14H2,1-4H3,(H3,21,22,23). The van der Waals surface area contributed by atoms with Gasteiger partial charge in [0, 0.05) is 18.3 Å². The summed E-state index contributed by atoms with van der Waals surface area (Å²) in [6.45, 7) is 8.93. The number of nitrogens with two attached hydrogens (primary N) is 1. The van der Waals surface area contributed by atoms with Crippen LogP contribution in [0, 0.1) is 11.8 Å². The van der Waals surface area contributed by atoms with Gasteiger partial charge in [-0.1, -0.05) is 13.8 Å². The van der Waals surface area contributed by atoms with Gasteiger partial charge in [-0.05, 0) is 62.9 Å². The predicted molar refractivity (Wildman–Crippen MR) is 108 cm³/mol. The summed E-state index contributed by atoms with van der Waals surface area (Å²) < 4.78 is 10.6. The first kappa shape index (κ1) is 20.4. The van der Waals surface area contributed by atoms with Crippen molar-refractivity contribution in [1.82, 2.24) is 4.90 Å². The van der Waals surface area contributed by atoms with Gasteiger partial charge in [-0.3, -0.25) is 4.99 Å². The van der Waals surface area contributed by atoms with E-state index in [1.165, 1.54) is 38.9 Å². The number of hydrogen-bond acceptors (Lipinski definition) is 4. The minimum absolute atomic E-state index is 0.444. The van der Waals surface area contributed by atoms with Crippen molar-refractivity contribution in [2.45, 2.75) is 33.1 Å². The highest BCUT2D eigenvalue weighted by Gasteiger charge is 2.18. The maximum absolute atomic E-state index is 6.05. The first-order valence-electron chi connectivity index (χ1n) is 9.53. The normalized spacial score (nSPS) is 16.7. The van der Waals surface area contributed by atoms with E-state index in [1.54, 1.807) is 14.2 Å². The van der Waals surface area contributed by atoms with Crippen LogP contribution in [-0.2, 0) is 0 Å². The van der Waals surface area contributed by atoms with E-state index < -0.39 is 0 Å². The van der Waals surface area contributed by atoms with E-state index in [4.69, 9.17) is 15.2 Å². The predicted octanol–water partition coefficient (Wildman–Crippen LogP) is 3.19. The molecule has 1 heterocycles. The van der Waals surface area contributed by atoms with Crippen LogP contribution in [0.2, 0.25) is 0 Å². The van der Waals surface area contributed by atoms with Gasteiger partial charge in [-0.25, -0.2) is 0 Å². The molecular weight excluding hydrogens is 328 g/mol. The topological polar surface area (TPSA) is 72.1 Å². The summed E-state index contributed by atoms with van der Waals surface area (Å²) in [7, 11) is 3.24. The number of likely N-dealkylation sites (tertiary alicyclic amines) is 1. The second kappa shape index (κ2) is 10.3. The van der Waals surface area contributed by atoms with Gasteiger partial charge in [0.25, 0.3) is 0 Å². The number of rotatable bonds is 8. The van der Waals surface area contributed by atoms with Crippen LogP contribution in [0.1, 0.15) is 33.1 Å². The number of guanidine groups is 1. The molecule has 26 heavy (non-hydrogen) atoms. The minimum Gasteiger partial charge on any atom is -0.493 e. The molecule has 6 heteroatoms. The largest absolute Gasteiger partial charge is 0.493 e. The zero-order valence-corrected chi connectivity index (χ0v) is 16.6. The van der Waals surface area contributed by atoms with Gasteiger partial charge >= 0.3 is 0 Å². The van der Waals surface area contributed by atoms with Gasteiger partial charge in [0.05, 0.1) is 14.2 Å². The molecule has 0 bridgehead atoms. The van der Waals surface area contributed by atoms with Crippen molar-refractivity contribution < 1.29 is 9.47 Å². The molecule has 1 aromatic carbocycles. The molecule has 1 aliphatic rings. The molecule has 0 aromatic heterocycles. The van der Waals surface area contributed by atoms with E-state index in [9.17, 15) is 0 Å². The summed E-state index contributed by atoms with van der Waals surface area (Å²) in [5.41, 5.74) is 6.89. The van der Waals surface area contributed by atoms with Crippen LogP contribution in [0.15, 0.2) is 23.2 Å². The third kappa shape index (κ3) is 6.41. The summed E-state index contributed by atoms with van der Waals surface area (Å²) in [6, 6.07) is 5.60. The number of anilines is 1. The molecule has 0 aliphatic carbocycles. The Balaban J connectivity index is 1.78. The lowest BCUT2D eigenvalue weighted by molar-refractivity contribution is 0.180. The highest BCUT2D eigenvalue weighted by Crippen LogP contribution is 2.29. The summed E-state index contributed by atoms with van der Waals surface area (Å²) in [5.74, 6) is 3.20. The Kier molecular flexibility index (Phi) is 8.04. The molecule has 1 aliphatic heterocycles. The monoisotopic (exact) mass is 362 g/mol. The maximum atomic E-state index is 6.05. The van der Waals surface area contributed by atoms with Gasteiger partial charge in [0.1, 0.15) is 0 Å². The van der Waals surface area contributed by atoms with E-state index in [0.29, 0.717) is 23.4 Å². The third-order valence-electron chi connectivity index (χ3n) is 4.91. The second-order valence-corrected chi connectivity index (χ2v) is 7.39.